The van der Waals surface area contributed by atoms with E-state index < -0.39 is 10.2 Å². The van der Waals surface area contributed by atoms with E-state index in [0.29, 0.717) is 0 Å². The first-order valence-corrected chi connectivity index (χ1v) is 12.4. The third-order valence-electron chi connectivity index (χ3n) is 4.82. The Balaban J connectivity index is 0.00000119. The quantitative estimate of drug-likeness (QED) is 0.336. The van der Waals surface area contributed by atoms with Crippen molar-refractivity contribution in [2.45, 2.75) is 40.0 Å². The molecular weight excluding hydrogens is 531 g/mol. The molecule has 0 fully saturated rings. The molecule has 197 valence electrons. The standard InChI is InChI=1S/C24H29N3.C2H3N.ClHO4.Cu/c1-20-8-6-12-23(25-20)15-18-27(17-14-22-10-4-3-5-11-22)19-16-24-13-7-9-21(2)26-24;1-2-3;2-1(3,4)5;/h3-13H,14-19H2,1-2H3;1H3;(H,2,3,4,5);/q;;;+2/p-1. The van der Waals surface area contributed by atoms with Gasteiger partial charge in [-0.3, -0.25) is 9.97 Å². The van der Waals surface area contributed by atoms with Gasteiger partial charge in [-0.2, -0.15) is 5.26 Å². The maximum absolute atomic E-state index is 8.49. The van der Waals surface area contributed by atoms with Gasteiger partial charge in [-0.15, -0.1) is 10.2 Å². The van der Waals surface area contributed by atoms with E-state index >= 15 is 0 Å². The zero-order valence-electron chi connectivity index (χ0n) is 20.7. The van der Waals surface area contributed by atoms with Gasteiger partial charge in [0.2, 0.25) is 0 Å². The Morgan fingerprint density at radius 2 is 1.11 bits per heavy atom. The van der Waals surface area contributed by atoms with Gasteiger partial charge in [0.1, 0.15) is 0 Å². The van der Waals surface area contributed by atoms with Gasteiger partial charge in [-0.25, -0.2) is 18.6 Å². The number of halogens is 1. The van der Waals surface area contributed by atoms with Crippen molar-refractivity contribution < 1.29 is 45.9 Å². The van der Waals surface area contributed by atoms with Crippen LogP contribution in [0.3, 0.4) is 0 Å². The number of nitrogens with zero attached hydrogens (tertiary/aromatic N) is 4. The molecule has 0 aliphatic heterocycles. The summed E-state index contributed by atoms with van der Waals surface area (Å²) in [5.74, 6) is 0. The Kier molecular flexibility index (Phi) is 17.6. The second-order valence-corrected chi connectivity index (χ2v) is 8.48. The summed E-state index contributed by atoms with van der Waals surface area (Å²) in [4.78, 5) is 11.9. The molecule has 36 heavy (non-hydrogen) atoms. The van der Waals surface area contributed by atoms with E-state index in [1.54, 1.807) is 6.07 Å². The molecule has 2 aromatic heterocycles. The van der Waals surface area contributed by atoms with Gasteiger partial charge >= 0.3 is 17.1 Å². The van der Waals surface area contributed by atoms with Gasteiger partial charge in [0.15, 0.2) is 0 Å². The first-order chi connectivity index (χ1) is 16.6. The first-order valence-electron chi connectivity index (χ1n) is 11.1. The minimum absolute atomic E-state index is 0. The molecule has 0 atom stereocenters. The molecule has 10 heteroatoms. The zero-order valence-corrected chi connectivity index (χ0v) is 22.4. The van der Waals surface area contributed by atoms with Crippen LogP contribution in [0.25, 0.3) is 0 Å². The van der Waals surface area contributed by atoms with Crippen LogP contribution in [0.15, 0.2) is 66.7 Å². The van der Waals surface area contributed by atoms with Gasteiger partial charge in [-0.1, -0.05) is 42.5 Å². The molecule has 1 radical (unpaired) electrons. The van der Waals surface area contributed by atoms with Crippen molar-refractivity contribution in [1.82, 2.24) is 14.9 Å². The summed E-state index contributed by atoms with van der Waals surface area (Å²) in [5.41, 5.74) is 5.92. The van der Waals surface area contributed by atoms with Crippen LogP contribution in [0.4, 0.5) is 0 Å². The van der Waals surface area contributed by atoms with Crippen molar-refractivity contribution in [3.63, 3.8) is 0 Å². The zero-order chi connectivity index (χ0) is 26.1. The Bertz CT molecular complexity index is 975. The molecule has 8 nitrogen and oxygen atoms in total. The van der Waals surface area contributed by atoms with Crippen LogP contribution in [0, 0.1) is 35.4 Å². The third kappa shape index (κ3) is 18.0. The smallest absolute Gasteiger partial charge is 0.302 e. The Morgan fingerprint density at radius 1 is 0.722 bits per heavy atom. The number of hydrogen-bond acceptors (Lipinski definition) is 8. The van der Waals surface area contributed by atoms with Crippen molar-refractivity contribution >= 4 is 0 Å². The molecule has 0 N–H and O–H groups in total. The minimum Gasteiger partial charge on any atom is -0.302 e. The molecule has 0 bridgehead atoms. The summed E-state index contributed by atoms with van der Waals surface area (Å²) in [6, 6.07) is 25.1. The molecule has 0 aliphatic rings. The summed E-state index contributed by atoms with van der Waals surface area (Å²) in [7, 11) is -4.94. The average molecular weight is 564 g/mol. The van der Waals surface area contributed by atoms with Crippen LogP contribution >= 0.6 is 0 Å². The van der Waals surface area contributed by atoms with E-state index in [-0.39, 0.29) is 17.1 Å². The van der Waals surface area contributed by atoms with Crippen molar-refractivity contribution in [2.75, 3.05) is 19.6 Å². The first kappa shape index (κ1) is 33.6. The maximum atomic E-state index is 8.49. The van der Waals surface area contributed by atoms with Crippen molar-refractivity contribution in [3.05, 3.63) is 95.1 Å². The van der Waals surface area contributed by atoms with E-state index in [9.17, 15) is 0 Å². The summed E-state index contributed by atoms with van der Waals surface area (Å²) >= 11 is 0. The molecule has 0 amide bonds. The Hall–Kier alpha value is -2.38. The number of aryl methyl sites for hydroxylation is 2. The van der Waals surface area contributed by atoms with Crippen molar-refractivity contribution in [2.24, 2.45) is 0 Å². The molecule has 0 saturated heterocycles. The van der Waals surface area contributed by atoms with E-state index in [1.807, 2.05) is 0 Å². The molecule has 0 spiro atoms. The predicted molar refractivity (Wildman–Crippen MR) is 123 cm³/mol. The maximum Gasteiger partial charge on any atom is 2.00 e. The van der Waals surface area contributed by atoms with Crippen LogP contribution in [-0.4, -0.2) is 34.5 Å². The number of benzene rings is 1. The van der Waals surface area contributed by atoms with Gasteiger partial charge in [0.05, 0.1) is 6.07 Å². The third-order valence-corrected chi connectivity index (χ3v) is 4.82. The van der Waals surface area contributed by atoms with E-state index in [4.69, 9.17) is 23.9 Å². The summed E-state index contributed by atoms with van der Waals surface area (Å²) in [5, 5.41) is 7.32. The second-order valence-electron chi connectivity index (χ2n) is 7.72. The largest absolute Gasteiger partial charge is 2.00 e. The van der Waals surface area contributed by atoms with E-state index in [2.05, 4.69) is 95.4 Å². The predicted octanol–water partition coefficient (Wildman–Crippen LogP) is 0.195. The van der Waals surface area contributed by atoms with Crippen LogP contribution in [0.2, 0.25) is 0 Å². The summed E-state index contributed by atoms with van der Waals surface area (Å²) in [6.07, 6.45) is 3.04. The second kappa shape index (κ2) is 18.8. The van der Waals surface area contributed by atoms with E-state index in [0.717, 1.165) is 50.3 Å². The monoisotopic (exact) mass is 562 g/mol. The molecular formula is C26H32ClCuN4O4+. The number of aromatic nitrogens is 2. The number of nitriles is 1. The molecule has 0 unspecified atom stereocenters. The fourth-order valence-corrected chi connectivity index (χ4v) is 3.29. The molecule has 0 saturated carbocycles. The summed E-state index contributed by atoms with van der Waals surface area (Å²) in [6.45, 7) is 8.64. The number of hydrogen-bond donors (Lipinski definition) is 0. The fourth-order valence-electron chi connectivity index (χ4n) is 3.29. The van der Waals surface area contributed by atoms with Crippen LogP contribution in [-0.2, 0) is 36.3 Å². The van der Waals surface area contributed by atoms with Crippen LogP contribution in [0.5, 0.6) is 0 Å². The molecule has 1 aromatic carbocycles. The summed E-state index contributed by atoms with van der Waals surface area (Å²) < 4.78 is 34.0. The normalized spacial score (nSPS) is 10.2. The molecule has 0 aliphatic carbocycles. The minimum atomic E-state index is -4.94. The average Bonchev–Trinajstić information content (AvgIpc) is 2.79. The van der Waals surface area contributed by atoms with E-state index in [1.165, 1.54) is 23.9 Å². The van der Waals surface area contributed by atoms with Gasteiger partial charge < -0.3 is 4.90 Å². The fraction of sp³-hybridized carbons (Fsp3) is 0.346. The molecule has 3 rings (SSSR count). The van der Waals surface area contributed by atoms with Crippen LogP contribution < -0.4 is 18.6 Å². The molecule has 3 aromatic rings. The van der Waals surface area contributed by atoms with Gasteiger partial charge in [-0.05, 0) is 50.1 Å². The van der Waals surface area contributed by atoms with Crippen LogP contribution in [0.1, 0.15) is 35.3 Å². The topological polar surface area (TPSA) is 145 Å². The number of rotatable bonds is 9. The van der Waals surface area contributed by atoms with Crippen molar-refractivity contribution in [1.29, 1.82) is 5.26 Å². The molecule has 2 heterocycles. The van der Waals surface area contributed by atoms with Crippen molar-refractivity contribution in [3.8, 4) is 6.07 Å². The SMILES string of the molecule is CC#N.Cc1cccc(CCN(CCc2ccccc2)CCc2cccc(C)n2)n1.[Cu+2].[O-][Cl+3]([O-])([O-])[O-]. The van der Waals surface area contributed by atoms with Gasteiger partial charge in [0.25, 0.3) is 0 Å². The Labute approximate surface area is 226 Å². The Morgan fingerprint density at radius 3 is 1.50 bits per heavy atom. The van der Waals surface area contributed by atoms with Gasteiger partial charge in [0, 0.05) is 62.2 Å². The number of pyridine rings is 2.